The fourth-order valence-corrected chi connectivity index (χ4v) is 2.33. The fourth-order valence-electron chi connectivity index (χ4n) is 2.33. The number of amides is 1. The van der Waals surface area contributed by atoms with Crippen LogP contribution in [0.5, 0.6) is 0 Å². The molecule has 0 saturated carbocycles. The average Bonchev–Trinajstić information content (AvgIpc) is 2.89. The van der Waals surface area contributed by atoms with E-state index in [9.17, 15) is 9.59 Å². The SMILES string of the molecule is Cc1noc(CCC(=O)N2CCN(C(C)C(=O)O)CC2)n1. The van der Waals surface area contributed by atoms with Gasteiger partial charge in [-0.3, -0.25) is 14.5 Å². The molecule has 1 atom stereocenters. The number of piperazine rings is 1. The van der Waals surface area contributed by atoms with Crippen molar-refractivity contribution in [1.29, 1.82) is 0 Å². The van der Waals surface area contributed by atoms with E-state index in [1.54, 1.807) is 18.7 Å². The second-order valence-electron chi connectivity index (χ2n) is 5.17. The largest absolute Gasteiger partial charge is 0.480 e. The molecule has 2 heterocycles. The Morgan fingerprint density at radius 1 is 1.33 bits per heavy atom. The molecule has 1 aliphatic heterocycles. The molecule has 116 valence electrons. The predicted molar refractivity (Wildman–Crippen MR) is 72.6 cm³/mol. The van der Waals surface area contributed by atoms with Crippen molar-refractivity contribution in [1.82, 2.24) is 19.9 Å². The third-order valence-electron chi connectivity index (χ3n) is 3.69. The summed E-state index contributed by atoms with van der Waals surface area (Å²) < 4.78 is 4.97. The van der Waals surface area contributed by atoms with E-state index in [0.29, 0.717) is 50.7 Å². The quantitative estimate of drug-likeness (QED) is 0.811. The Bertz CT molecular complexity index is 508. The molecule has 0 radical (unpaired) electrons. The Morgan fingerprint density at radius 3 is 2.52 bits per heavy atom. The van der Waals surface area contributed by atoms with Crippen LogP contribution in [-0.4, -0.2) is 69.1 Å². The lowest BCUT2D eigenvalue weighted by atomic mass is 10.2. The smallest absolute Gasteiger partial charge is 0.320 e. The summed E-state index contributed by atoms with van der Waals surface area (Å²) in [6.45, 7) is 5.67. The minimum absolute atomic E-state index is 0.0356. The van der Waals surface area contributed by atoms with E-state index in [1.165, 1.54) is 0 Å². The van der Waals surface area contributed by atoms with Crippen molar-refractivity contribution in [2.24, 2.45) is 0 Å². The Labute approximate surface area is 122 Å². The van der Waals surface area contributed by atoms with E-state index in [2.05, 4.69) is 10.1 Å². The van der Waals surface area contributed by atoms with Gasteiger partial charge in [0, 0.05) is 39.0 Å². The number of rotatable bonds is 5. The van der Waals surface area contributed by atoms with E-state index in [4.69, 9.17) is 9.63 Å². The predicted octanol–water partition coefficient (Wildman–Crippen LogP) is -0.0721. The number of carbonyl (C=O) groups excluding carboxylic acids is 1. The molecule has 1 N–H and O–H groups in total. The standard InChI is InChI=1S/C13H20N4O4/c1-9(13(19)20)16-5-7-17(8-6-16)12(18)4-3-11-14-10(2)15-21-11/h9H,3-8H2,1-2H3,(H,19,20). The van der Waals surface area contributed by atoms with Crippen molar-refractivity contribution in [2.75, 3.05) is 26.2 Å². The van der Waals surface area contributed by atoms with E-state index in [0.717, 1.165) is 0 Å². The maximum absolute atomic E-state index is 12.1. The Hall–Kier alpha value is -1.96. The summed E-state index contributed by atoms with van der Waals surface area (Å²) in [7, 11) is 0. The number of hydrogen-bond donors (Lipinski definition) is 1. The number of nitrogens with zero attached hydrogens (tertiary/aromatic N) is 4. The van der Waals surface area contributed by atoms with Gasteiger partial charge in [0.1, 0.15) is 6.04 Å². The molecule has 0 aliphatic carbocycles. The minimum atomic E-state index is -0.832. The number of aliphatic carboxylic acids is 1. The molecule has 1 saturated heterocycles. The number of carboxylic acids is 1. The molecule has 1 aromatic rings. The third-order valence-corrected chi connectivity index (χ3v) is 3.69. The van der Waals surface area contributed by atoms with Crippen molar-refractivity contribution < 1.29 is 19.2 Å². The molecule has 0 aromatic carbocycles. The molecule has 2 rings (SSSR count). The topological polar surface area (TPSA) is 99.8 Å². The Kier molecular flexibility index (Phi) is 4.89. The average molecular weight is 296 g/mol. The highest BCUT2D eigenvalue weighted by atomic mass is 16.5. The second-order valence-corrected chi connectivity index (χ2v) is 5.17. The van der Waals surface area contributed by atoms with Crippen LogP contribution in [0, 0.1) is 6.92 Å². The fraction of sp³-hybridized carbons (Fsp3) is 0.692. The van der Waals surface area contributed by atoms with E-state index < -0.39 is 12.0 Å². The monoisotopic (exact) mass is 296 g/mol. The first-order valence-electron chi connectivity index (χ1n) is 7.01. The van der Waals surface area contributed by atoms with Crippen LogP contribution in [0.2, 0.25) is 0 Å². The molecule has 21 heavy (non-hydrogen) atoms. The first-order chi connectivity index (χ1) is 9.97. The lowest BCUT2D eigenvalue weighted by Gasteiger charge is -2.36. The number of carboxylic acid groups (broad SMARTS) is 1. The van der Waals surface area contributed by atoms with Crippen LogP contribution in [-0.2, 0) is 16.0 Å². The second kappa shape index (κ2) is 6.66. The molecule has 1 fully saturated rings. The number of hydrogen-bond acceptors (Lipinski definition) is 6. The van der Waals surface area contributed by atoms with Gasteiger partial charge in [0.25, 0.3) is 0 Å². The van der Waals surface area contributed by atoms with Crippen LogP contribution in [0.1, 0.15) is 25.1 Å². The van der Waals surface area contributed by atoms with Crippen molar-refractivity contribution in [2.45, 2.75) is 32.7 Å². The Balaban J connectivity index is 1.76. The van der Waals surface area contributed by atoms with Gasteiger partial charge < -0.3 is 14.5 Å². The van der Waals surface area contributed by atoms with Gasteiger partial charge in [0.15, 0.2) is 5.82 Å². The zero-order valence-corrected chi connectivity index (χ0v) is 12.3. The summed E-state index contributed by atoms with van der Waals surface area (Å²) in [5.74, 6) is 0.239. The number of carbonyl (C=O) groups is 2. The summed E-state index contributed by atoms with van der Waals surface area (Å²) >= 11 is 0. The maximum Gasteiger partial charge on any atom is 0.320 e. The highest BCUT2D eigenvalue weighted by Gasteiger charge is 2.27. The molecule has 1 aliphatic rings. The lowest BCUT2D eigenvalue weighted by molar-refractivity contribution is -0.144. The highest BCUT2D eigenvalue weighted by molar-refractivity contribution is 5.76. The summed E-state index contributed by atoms with van der Waals surface area (Å²) in [6.07, 6.45) is 0.765. The van der Waals surface area contributed by atoms with Crippen LogP contribution in [0.3, 0.4) is 0 Å². The van der Waals surface area contributed by atoms with Crippen molar-refractivity contribution >= 4 is 11.9 Å². The van der Waals surface area contributed by atoms with Gasteiger partial charge in [-0.15, -0.1) is 0 Å². The maximum atomic E-state index is 12.1. The zero-order chi connectivity index (χ0) is 15.4. The summed E-state index contributed by atoms with van der Waals surface area (Å²) in [5, 5.41) is 12.7. The van der Waals surface area contributed by atoms with Gasteiger partial charge in [0.05, 0.1) is 0 Å². The molecule has 1 amide bonds. The molecule has 8 nitrogen and oxygen atoms in total. The van der Waals surface area contributed by atoms with E-state index in [1.807, 2.05) is 4.90 Å². The molecular weight excluding hydrogens is 276 g/mol. The van der Waals surface area contributed by atoms with Crippen LogP contribution in [0.4, 0.5) is 0 Å². The first-order valence-corrected chi connectivity index (χ1v) is 7.01. The van der Waals surface area contributed by atoms with Crippen molar-refractivity contribution in [3.63, 3.8) is 0 Å². The van der Waals surface area contributed by atoms with Crippen LogP contribution in [0.15, 0.2) is 4.52 Å². The lowest BCUT2D eigenvalue weighted by Crippen LogP contribution is -2.53. The molecule has 0 spiro atoms. The minimum Gasteiger partial charge on any atom is -0.480 e. The molecular formula is C13H20N4O4. The van der Waals surface area contributed by atoms with Gasteiger partial charge in [-0.2, -0.15) is 4.98 Å². The molecule has 1 unspecified atom stereocenters. The van der Waals surface area contributed by atoms with Crippen LogP contribution >= 0.6 is 0 Å². The molecule has 1 aromatic heterocycles. The third kappa shape index (κ3) is 4.01. The van der Waals surface area contributed by atoms with Crippen LogP contribution < -0.4 is 0 Å². The van der Waals surface area contributed by atoms with Gasteiger partial charge in [-0.05, 0) is 13.8 Å². The van der Waals surface area contributed by atoms with Gasteiger partial charge in [-0.25, -0.2) is 0 Å². The molecule has 0 bridgehead atoms. The summed E-state index contributed by atoms with van der Waals surface area (Å²) in [5.41, 5.74) is 0. The Morgan fingerprint density at radius 2 is 2.00 bits per heavy atom. The van der Waals surface area contributed by atoms with Gasteiger partial charge in [-0.1, -0.05) is 5.16 Å². The van der Waals surface area contributed by atoms with E-state index >= 15 is 0 Å². The number of aromatic nitrogens is 2. The summed E-state index contributed by atoms with van der Waals surface area (Å²) in [4.78, 5) is 30.7. The highest BCUT2D eigenvalue weighted by Crippen LogP contribution is 2.09. The zero-order valence-electron chi connectivity index (χ0n) is 12.3. The van der Waals surface area contributed by atoms with Crippen molar-refractivity contribution in [3.8, 4) is 0 Å². The van der Waals surface area contributed by atoms with Gasteiger partial charge >= 0.3 is 5.97 Å². The first kappa shape index (κ1) is 15.4. The normalized spacial score (nSPS) is 17.7. The van der Waals surface area contributed by atoms with Crippen LogP contribution in [0.25, 0.3) is 0 Å². The van der Waals surface area contributed by atoms with E-state index in [-0.39, 0.29) is 5.91 Å². The van der Waals surface area contributed by atoms with Crippen molar-refractivity contribution in [3.05, 3.63) is 11.7 Å². The van der Waals surface area contributed by atoms with Gasteiger partial charge in [0.2, 0.25) is 11.8 Å². The molecule has 8 heteroatoms. The number of aryl methyl sites for hydroxylation is 2. The summed E-state index contributed by atoms with van der Waals surface area (Å²) in [6, 6.07) is -0.511.